The molecule has 4 unspecified atom stereocenters. The van der Waals surface area contributed by atoms with Gasteiger partial charge in [0.05, 0.1) is 30.6 Å². The summed E-state index contributed by atoms with van der Waals surface area (Å²) >= 11 is 5.06. The van der Waals surface area contributed by atoms with E-state index >= 15 is 0 Å². The first kappa shape index (κ1) is 39.6. The molecular formula is C24H30N6O15S2. The summed E-state index contributed by atoms with van der Waals surface area (Å²) in [5.74, 6) is -12.5. The molecular weight excluding hydrogens is 676 g/mol. The molecule has 1 rings (SSSR count). The molecule has 0 aliphatic carbocycles. The summed E-state index contributed by atoms with van der Waals surface area (Å²) in [7, 11) is -3.95. The van der Waals surface area contributed by atoms with Gasteiger partial charge in [-0.25, -0.2) is 18.4 Å². The Morgan fingerprint density at radius 2 is 0.957 bits per heavy atom. The normalized spacial score (nSPS) is 13.4. The Morgan fingerprint density at radius 1 is 0.617 bits per heavy atom. The minimum absolute atomic E-state index is 0.0512. The maximum Gasteiger partial charge on any atom is 0.326 e. The predicted octanol–water partition coefficient (Wildman–Crippen LogP) is -3.90. The Balaban J connectivity index is 3.08. The van der Waals surface area contributed by atoms with Gasteiger partial charge < -0.3 is 52.1 Å². The Bertz CT molecular complexity index is 1520. The maximum atomic E-state index is 13.0. The van der Waals surface area contributed by atoms with Gasteiger partial charge in [0.2, 0.25) is 27.7 Å². The number of hydrogen-bond donors (Lipinski definition) is 11. The molecule has 0 spiro atoms. The molecule has 0 fully saturated rings. The van der Waals surface area contributed by atoms with E-state index in [9.17, 15) is 57.0 Å². The van der Waals surface area contributed by atoms with Crippen LogP contribution in [0.15, 0.2) is 29.2 Å². The summed E-state index contributed by atoms with van der Waals surface area (Å²) in [6.45, 7) is -0.0512. The van der Waals surface area contributed by atoms with Crippen LogP contribution in [0.5, 0.6) is 0 Å². The lowest BCUT2D eigenvalue weighted by molar-refractivity contribution is -0.148. The van der Waals surface area contributed by atoms with Crippen molar-refractivity contribution >= 4 is 74.9 Å². The monoisotopic (exact) mass is 706 g/mol. The topological polar surface area (TPSA) is 358 Å². The number of rotatable bonds is 19. The number of nitrogens with two attached hydrogens (primary N) is 1. The number of primary sulfonamides is 1. The maximum absolute atomic E-state index is 13.0. The molecule has 3 amide bonds. The fourth-order valence-electron chi connectivity index (χ4n) is 3.53. The van der Waals surface area contributed by atoms with Crippen LogP contribution in [0.25, 0.3) is 0 Å². The van der Waals surface area contributed by atoms with Crippen molar-refractivity contribution in [2.75, 3.05) is 0 Å². The molecule has 23 heteroatoms. The van der Waals surface area contributed by atoms with Crippen LogP contribution < -0.4 is 31.7 Å². The van der Waals surface area contributed by atoms with E-state index in [4.69, 9.17) is 32.7 Å². The second-order valence-corrected chi connectivity index (χ2v) is 11.5. The largest absolute Gasteiger partial charge is 0.481 e. The van der Waals surface area contributed by atoms with Gasteiger partial charge in [0.25, 0.3) is 0 Å². The molecule has 1 aromatic rings. The molecule has 0 saturated carbocycles. The minimum atomic E-state index is -3.95. The molecule has 258 valence electrons. The number of carbonyl (C=O) groups excluding carboxylic acids is 3. The van der Waals surface area contributed by atoms with Crippen LogP contribution >= 0.6 is 12.2 Å². The molecule has 47 heavy (non-hydrogen) atoms. The first-order valence-electron chi connectivity index (χ1n) is 12.9. The number of hydrogen-bond acceptors (Lipinski definition) is 11. The average molecular weight is 707 g/mol. The Hall–Kier alpha value is -5.42. The third-order valence-corrected chi connectivity index (χ3v) is 6.91. The highest BCUT2D eigenvalue weighted by Crippen LogP contribution is 2.09. The van der Waals surface area contributed by atoms with Crippen LogP contribution in [-0.2, 0) is 54.9 Å². The lowest BCUT2D eigenvalue weighted by atomic mass is 10.1. The Kier molecular flexibility index (Phi) is 15.1. The Morgan fingerprint density at radius 3 is 1.30 bits per heavy atom. The third kappa shape index (κ3) is 14.9. The molecule has 21 nitrogen and oxygen atoms in total. The van der Waals surface area contributed by atoms with Crippen molar-refractivity contribution in [1.82, 2.24) is 26.6 Å². The first-order chi connectivity index (χ1) is 21.7. The molecule has 12 N–H and O–H groups in total. The number of amides is 3. The van der Waals surface area contributed by atoms with E-state index in [0.29, 0.717) is 5.56 Å². The summed E-state index contributed by atoms with van der Waals surface area (Å²) in [6, 6.07) is -2.69. The summed E-state index contributed by atoms with van der Waals surface area (Å²) in [5.41, 5.74) is 0.483. The van der Waals surface area contributed by atoms with E-state index in [-0.39, 0.29) is 16.6 Å². The lowest BCUT2D eigenvalue weighted by Gasteiger charge is -2.25. The summed E-state index contributed by atoms with van der Waals surface area (Å²) in [5, 5.41) is 61.0. The van der Waals surface area contributed by atoms with E-state index in [0.717, 1.165) is 0 Å². The second-order valence-electron chi connectivity index (χ2n) is 9.48. The fourth-order valence-corrected chi connectivity index (χ4v) is 4.26. The van der Waals surface area contributed by atoms with Crippen molar-refractivity contribution in [3.8, 4) is 0 Å². The molecule has 0 heterocycles. The predicted molar refractivity (Wildman–Crippen MR) is 157 cm³/mol. The SMILES string of the molecule is NS(=O)(=O)c1ccc(CNC(=S)NC(CC(=O)O)C(=O)NC(CC(=O)O)C(=O)NC(CC(=O)O)C(=O)NC(CC(=O)O)C(=O)O)cc1. The standard InChI is InChI=1S/C24H30N6O15S2/c25-47(44,45)11-3-1-10(2-4-11)9-26-24(46)30-14(7-18(35)36)22(41)28-12(5-16(31)32)20(39)27-13(6-17(33)34)21(40)29-15(23(42)43)8-19(37)38/h1-4,12-15H,5-9H2,(H,27,39)(H,28,41)(H,29,40)(H,31,32)(H,33,34)(H,35,36)(H,37,38)(H,42,43)(H2,25,44,45)(H2,26,30,46). The van der Waals surface area contributed by atoms with Crippen LogP contribution in [0.3, 0.4) is 0 Å². The summed E-state index contributed by atoms with van der Waals surface area (Å²) in [6.07, 6.45) is -4.42. The van der Waals surface area contributed by atoms with Crippen molar-refractivity contribution in [2.24, 2.45) is 5.14 Å². The molecule has 4 atom stereocenters. The average Bonchev–Trinajstić information content (AvgIpc) is 2.93. The molecule has 0 aromatic heterocycles. The minimum Gasteiger partial charge on any atom is -0.481 e. The van der Waals surface area contributed by atoms with Gasteiger partial charge in [0, 0.05) is 6.54 Å². The van der Waals surface area contributed by atoms with Gasteiger partial charge in [0.1, 0.15) is 24.2 Å². The number of carbonyl (C=O) groups is 8. The van der Waals surface area contributed by atoms with Crippen molar-refractivity contribution in [2.45, 2.75) is 61.3 Å². The van der Waals surface area contributed by atoms with E-state index < -0.39 is 107 Å². The van der Waals surface area contributed by atoms with Gasteiger partial charge in [-0.3, -0.25) is 33.6 Å². The van der Waals surface area contributed by atoms with Crippen molar-refractivity contribution < 1.29 is 72.3 Å². The number of sulfonamides is 1. The lowest BCUT2D eigenvalue weighted by Crippen LogP contribution is -2.59. The van der Waals surface area contributed by atoms with Gasteiger partial charge in [0.15, 0.2) is 5.11 Å². The fraction of sp³-hybridized carbons (Fsp3) is 0.375. The Labute approximate surface area is 269 Å². The van der Waals surface area contributed by atoms with E-state index in [1.165, 1.54) is 24.3 Å². The molecule has 1 aromatic carbocycles. The summed E-state index contributed by atoms with van der Waals surface area (Å²) < 4.78 is 22.8. The number of thiocarbonyl (C=S) groups is 1. The van der Waals surface area contributed by atoms with E-state index in [2.05, 4.69) is 10.6 Å². The zero-order valence-corrected chi connectivity index (χ0v) is 25.5. The number of aliphatic carboxylic acids is 5. The van der Waals surface area contributed by atoms with Crippen LogP contribution in [0, 0.1) is 0 Å². The van der Waals surface area contributed by atoms with Gasteiger partial charge >= 0.3 is 29.8 Å². The van der Waals surface area contributed by atoms with Crippen molar-refractivity contribution in [3.63, 3.8) is 0 Å². The second kappa shape index (κ2) is 17.9. The number of carboxylic acid groups (broad SMARTS) is 5. The van der Waals surface area contributed by atoms with Crippen molar-refractivity contribution in [3.05, 3.63) is 29.8 Å². The van der Waals surface area contributed by atoms with E-state index in [1.807, 2.05) is 10.6 Å². The smallest absolute Gasteiger partial charge is 0.326 e. The molecule has 0 aliphatic rings. The molecule has 0 bridgehead atoms. The summed E-state index contributed by atoms with van der Waals surface area (Å²) in [4.78, 5) is 94.6. The van der Waals surface area contributed by atoms with Crippen LogP contribution in [0.1, 0.15) is 31.2 Å². The van der Waals surface area contributed by atoms with Gasteiger partial charge in [-0.1, -0.05) is 12.1 Å². The van der Waals surface area contributed by atoms with Crippen LogP contribution in [0.4, 0.5) is 0 Å². The van der Waals surface area contributed by atoms with E-state index in [1.54, 1.807) is 5.32 Å². The molecule has 0 radical (unpaired) electrons. The van der Waals surface area contributed by atoms with Crippen LogP contribution in [0.2, 0.25) is 0 Å². The highest BCUT2D eigenvalue weighted by atomic mass is 32.2. The van der Waals surface area contributed by atoms with Crippen molar-refractivity contribution in [1.29, 1.82) is 0 Å². The zero-order valence-electron chi connectivity index (χ0n) is 23.9. The van der Waals surface area contributed by atoms with Crippen LogP contribution in [-0.4, -0.2) is 111 Å². The van der Waals surface area contributed by atoms with Gasteiger partial charge in [-0.15, -0.1) is 0 Å². The van der Waals surface area contributed by atoms with Gasteiger partial charge in [-0.05, 0) is 29.9 Å². The third-order valence-electron chi connectivity index (χ3n) is 5.72. The molecule has 0 saturated heterocycles. The van der Waals surface area contributed by atoms with Gasteiger partial charge in [-0.2, -0.15) is 0 Å². The highest BCUT2D eigenvalue weighted by molar-refractivity contribution is 7.89. The quantitative estimate of drug-likeness (QED) is 0.0612. The number of benzene rings is 1. The number of carboxylic acids is 5. The first-order valence-corrected chi connectivity index (χ1v) is 14.8. The number of nitrogens with one attached hydrogen (secondary N) is 5. The molecule has 0 aliphatic heterocycles. The zero-order chi connectivity index (χ0) is 36.1. The highest BCUT2D eigenvalue weighted by Gasteiger charge is 2.34.